The summed E-state index contributed by atoms with van der Waals surface area (Å²) in [7, 11) is 0. The lowest BCUT2D eigenvalue weighted by atomic mass is 9.75. The third-order valence-electron chi connectivity index (χ3n) is 5.68. The average molecular weight is 385 g/mol. The Hall–Kier alpha value is -1.65. The molecule has 0 amide bonds. The first-order valence-corrected chi connectivity index (χ1v) is 8.50. The van der Waals surface area contributed by atoms with Gasteiger partial charge in [-0.15, -0.1) is 17.0 Å². The van der Waals surface area contributed by atoms with E-state index in [1.54, 1.807) is 0 Å². The second-order valence-corrected chi connectivity index (χ2v) is 6.99. The van der Waals surface area contributed by atoms with Crippen molar-refractivity contribution in [3.05, 3.63) is 54.4 Å². The molecule has 2 fully saturated rings. The van der Waals surface area contributed by atoms with E-state index in [0.717, 1.165) is 22.2 Å². The lowest BCUT2D eigenvalue weighted by Crippen LogP contribution is -2.36. The topological polar surface area (TPSA) is 29.3 Å². The van der Waals surface area contributed by atoms with E-state index < -0.39 is 0 Å². The molecule has 2 saturated heterocycles. The minimum atomic E-state index is 0. The van der Waals surface area contributed by atoms with Crippen molar-refractivity contribution in [1.29, 1.82) is 0 Å². The molecule has 2 aliphatic heterocycles. The van der Waals surface area contributed by atoms with Crippen LogP contribution in [0.25, 0.3) is 22.2 Å². The number of rotatable bonds is 2. The Balaban J connectivity index is 0.00000146. The van der Waals surface area contributed by atoms with Crippen molar-refractivity contribution < 1.29 is 4.42 Å². The van der Waals surface area contributed by atoms with Crippen LogP contribution in [0.4, 0.5) is 0 Å². The van der Waals surface area contributed by atoms with Crippen molar-refractivity contribution >= 4 is 27.8 Å². The van der Waals surface area contributed by atoms with Gasteiger partial charge in [0, 0.05) is 28.9 Å². The van der Waals surface area contributed by atoms with Crippen molar-refractivity contribution in [2.24, 2.45) is 0 Å². The molecule has 1 aromatic carbocycles. The Labute approximate surface area is 152 Å². The van der Waals surface area contributed by atoms with Gasteiger partial charge in [0.2, 0.25) is 0 Å². The lowest BCUT2D eigenvalue weighted by molar-refractivity contribution is 0.243. The molecule has 2 bridgehead atoms. The van der Waals surface area contributed by atoms with E-state index in [2.05, 4.69) is 35.4 Å². The molecular weight excluding hydrogens is 364 g/mol. The molecule has 0 aliphatic carbocycles. The summed E-state index contributed by atoms with van der Waals surface area (Å²) in [6, 6.07) is 12.7. The first-order valence-electron chi connectivity index (χ1n) is 8.50. The Morgan fingerprint density at radius 1 is 1.04 bits per heavy atom. The zero-order valence-electron chi connectivity index (χ0n) is 13.6. The predicted octanol–water partition coefficient (Wildman–Crippen LogP) is 4.81. The van der Waals surface area contributed by atoms with Gasteiger partial charge in [-0.3, -0.25) is 4.98 Å². The summed E-state index contributed by atoms with van der Waals surface area (Å²) in [5.74, 6) is 0.876. The molecular formula is C20H21BrN2O. The van der Waals surface area contributed by atoms with Crippen LogP contribution < -0.4 is 0 Å². The van der Waals surface area contributed by atoms with Crippen molar-refractivity contribution in [3.8, 4) is 11.5 Å². The number of piperidine rings is 1. The van der Waals surface area contributed by atoms with Crippen LogP contribution in [-0.4, -0.2) is 29.5 Å². The monoisotopic (exact) mass is 384 g/mol. The fraction of sp³-hybridized carbons (Fsp3) is 0.350. The lowest BCUT2D eigenvalue weighted by Gasteiger charge is -2.34. The summed E-state index contributed by atoms with van der Waals surface area (Å²) in [5.41, 5.74) is 2.67. The van der Waals surface area contributed by atoms with Gasteiger partial charge in [0.25, 0.3) is 0 Å². The Bertz CT molecular complexity index is 853. The van der Waals surface area contributed by atoms with Gasteiger partial charge in [-0.2, -0.15) is 0 Å². The Morgan fingerprint density at radius 2 is 1.96 bits per heavy atom. The summed E-state index contributed by atoms with van der Waals surface area (Å²) < 4.78 is 5.78. The van der Waals surface area contributed by atoms with Crippen LogP contribution in [-0.2, 0) is 5.41 Å². The quantitative estimate of drug-likeness (QED) is 0.634. The highest BCUT2D eigenvalue weighted by Gasteiger charge is 2.42. The highest BCUT2D eigenvalue weighted by atomic mass is 79.9. The van der Waals surface area contributed by atoms with Gasteiger partial charge < -0.3 is 9.32 Å². The van der Waals surface area contributed by atoms with Gasteiger partial charge in [-0.1, -0.05) is 30.3 Å². The normalized spacial score (nSPS) is 25.6. The minimum Gasteiger partial charge on any atom is -0.461 e. The van der Waals surface area contributed by atoms with Crippen molar-refractivity contribution in [1.82, 2.24) is 9.88 Å². The molecule has 0 radical (unpaired) electrons. The third-order valence-corrected chi connectivity index (χ3v) is 5.68. The van der Waals surface area contributed by atoms with E-state index in [1.807, 2.05) is 18.4 Å². The van der Waals surface area contributed by atoms with Crippen LogP contribution in [0.1, 0.15) is 24.8 Å². The van der Waals surface area contributed by atoms with Crippen molar-refractivity contribution in [2.45, 2.75) is 24.7 Å². The highest BCUT2D eigenvalue weighted by molar-refractivity contribution is 8.93. The number of fused-ring (bicyclic) bond motifs is 3. The molecule has 2 unspecified atom stereocenters. The Morgan fingerprint density at radius 3 is 2.83 bits per heavy atom. The van der Waals surface area contributed by atoms with Crippen LogP contribution in [0.5, 0.6) is 0 Å². The SMILES string of the molecule is Br.c1ccc2c(-c3ccc(C45CCCN(CC4)C5)cn3)occ2c1. The fourth-order valence-electron chi connectivity index (χ4n) is 4.41. The van der Waals surface area contributed by atoms with Crippen LogP contribution in [0.15, 0.2) is 53.3 Å². The van der Waals surface area contributed by atoms with E-state index in [1.165, 1.54) is 44.5 Å². The first kappa shape index (κ1) is 15.9. The number of hydrogen-bond acceptors (Lipinski definition) is 3. The fourth-order valence-corrected chi connectivity index (χ4v) is 4.41. The molecule has 3 aromatic rings. The van der Waals surface area contributed by atoms with E-state index in [0.29, 0.717) is 5.41 Å². The van der Waals surface area contributed by atoms with Crippen molar-refractivity contribution in [3.63, 3.8) is 0 Å². The molecule has 124 valence electrons. The zero-order chi connectivity index (χ0) is 15.3. The molecule has 4 heteroatoms. The molecule has 4 heterocycles. The van der Waals surface area contributed by atoms with E-state index in [-0.39, 0.29) is 17.0 Å². The maximum absolute atomic E-state index is 5.78. The second kappa shape index (κ2) is 6.01. The van der Waals surface area contributed by atoms with Crippen LogP contribution in [0.2, 0.25) is 0 Å². The number of nitrogens with zero attached hydrogens (tertiary/aromatic N) is 2. The highest BCUT2D eigenvalue weighted by Crippen LogP contribution is 2.42. The maximum atomic E-state index is 5.78. The van der Waals surface area contributed by atoms with Crippen LogP contribution in [0.3, 0.4) is 0 Å². The van der Waals surface area contributed by atoms with E-state index >= 15 is 0 Å². The van der Waals surface area contributed by atoms with Crippen LogP contribution >= 0.6 is 17.0 Å². The largest absolute Gasteiger partial charge is 0.461 e. The Kier molecular flexibility index (Phi) is 3.97. The van der Waals surface area contributed by atoms with Crippen LogP contribution in [0, 0.1) is 0 Å². The maximum Gasteiger partial charge on any atom is 0.160 e. The van der Waals surface area contributed by atoms with Gasteiger partial charge in [-0.25, -0.2) is 0 Å². The molecule has 2 atom stereocenters. The van der Waals surface area contributed by atoms with Gasteiger partial charge in [0.1, 0.15) is 5.69 Å². The van der Waals surface area contributed by atoms with Gasteiger partial charge >= 0.3 is 0 Å². The average Bonchev–Trinajstić information content (AvgIpc) is 3.17. The van der Waals surface area contributed by atoms with Crippen molar-refractivity contribution in [2.75, 3.05) is 19.6 Å². The second-order valence-electron chi connectivity index (χ2n) is 6.99. The number of pyridine rings is 1. The third kappa shape index (κ3) is 2.40. The number of aromatic nitrogens is 1. The molecule has 2 aliphatic rings. The van der Waals surface area contributed by atoms with Gasteiger partial charge in [-0.05, 0) is 44.0 Å². The summed E-state index contributed by atoms with van der Waals surface area (Å²) in [6.45, 7) is 3.72. The van der Waals surface area contributed by atoms with Gasteiger partial charge in [0.15, 0.2) is 5.76 Å². The molecule has 24 heavy (non-hydrogen) atoms. The molecule has 0 spiro atoms. The number of furan rings is 1. The number of halogens is 1. The molecule has 0 N–H and O–H groups in total. The van der Waals surface area contributed by atoms with E-state index in [4.69, 9.17) is 9.40 Å². The molecule has 3 nitrogen and oxygen atoms in total. The summed E-state index contributed by atoms with van der Waals surface area (Å²) in [4.78, 5) is 7.34. The van der Waals surface area contributed by atoms with Gasteiger partial charge in [0.05, 0.1) is 6.26 Å². The summed E-state index contributed by atoms with van der Waals surface area (Å²) >= 11 is 0. The summed E-state index contributed by atoms with van der Waals surface area (Å²) in [6.07, 6.45) is 7.78. The standard InChI is InChI=1S/C20H20N2O.BrH/c1-2-5-17-15(4-1)13-23-19(17)18-7-6-16(12-21-18)20-8-3-10-22(14-20)11-9-20;/h1-2,4-7,12-13H,3,8-11,14H2;1H. The molecule has 5 rings (SSSR count). The molecule has 2 aromatic heterocycles. The van der Waals surface area contributed by atoms with E-state index in [9.17, 15) is 0 Å². The smallest absolute Gasteiger partial charge is 0.160 e. The zero-order valence-corrected chi connectivity index (χ0v) is 15.3. The molecule has 0 saturated carbocycles. The number of hydrogen-bond donors (Lipinski definition) is 0. The summed E-state index contributed by atoms with van der Waals surface area (Å²) in [5, 5.41) is 2.27. The predicted molar refractivity (Wildman–Crippen MR) is 102 cm³/mol. The minimum absolute atomic E-state index is 0. The first-order chi connectivity index (χ1) is 11.3. The number of benzene rings is 1.